The molecule has 6 nitrogen and oxygen atoms in total. The van der Waals surface area contributed by atoms with Crippen molar-refractivity contribution < 1.29 is 14.6 Å². The molecule has 2 aromatic heterocycles. The summed E-state index contributed by atoms with van der Waals surface area (Å²) in [6, 6.07) is 16.8. The Balaban J connectivity index is 1.86. The number of aromatic nitrogens is 3. The van der Waals surface area contributed by atoms with Crippen molar-refractivity contribution in [3.8, 4) is 39.8 Å². The summed E-state index contributed by atoms with van der Waals surface area (Å²) in [5.41, 5.74) is 3.38. The van der Waals surface area contributed by atoms with Gasteiger partial charge >= 0.3 is 0 Å². The van der Waals surface area contributed by atoms with Gasteiger partial charge in [0, 0.05) is 6.20 Å². The molecule has 4 rings (SSSR count). The summed E-state index contributed by atoms with van der Waals surface area (Å²) in [6.07, 6.45) is 1.94. The molecule has 26 heavy (non-hydrogen) atoms. The Kier molecular flexibility index (Phi) is 3.93. The highest BCUT2D eigenvalue weighted by molar-refractivity contribution is 5.71. The Morgan fingerprint density at radius 2 is 1.62 bits per heavy atom. The number of para-hydroxylation sites is 1. The number of hydrogen-bond acceptors (Lipinski definition) is 5. The molecule has 0 aliphatic rings. The Hall–Kier alpha value is -3.54. The number of rotatable bonds is 4. The van der Waals surface area contributed by atoms with Gasteiger partial charge in [0.2, 0.25) is 0 Å². The minimum atomic E-state index is 0.0961. The first kappa shape index (κ1) is 16.0. The van der Waals surface area contributed by atoms with Crippen molar-refractivity contribution >= 4 is 5.65 Å². The van der Waals surface area contributed by atoms with Gasteiger partial charge in [-0.15, -0.1) is 10.2 Å². The summed E-state index contributed by atoms with van der Waals surface area (Å²) < 4.78 is 12.5. The van der Waals surface area contributed by atoms with Crippen LogP contribution < -0.4 is 9.47 Å². The van der Waals surface area contributed by atoms with Crippen LogP contribution >= 0.6 is 0 Å². The minimum Gasteiger partial charge on any atom is -0.504 e. The predicted octanol–water partition coefficient (Wildman–Crippen LogP) is 3.79. The molecule has 0 radical (unpaired) electrons. The van der Waals surface area contributed by atoms with Gasteiger partial charge < -0.3 is 14.6 Å². The van der Waals surface area contributed by atoms with E-state index in [-0.39, 0.29) is 5.75 Å². The van der Waals surface area contributed by atoms with Crippen LogP contribution in [0.25, 0.3) is 28.2 Å². The molecular weight excluding hydrogens is 330 g/mol. The molecule has 0 saturated heterocycles. The first-order valence-corrected chi connectivity index (χ1v) is 8.07. The lowest BCUT2D eigenvalue weighted by atomic mass is 10.1. The molecule has 0 fully saturated rings. The molecule has 1 N–H and O–H groups in total. The summed E-state index contributed by atoms with van der Waals surface area (Å²) in [5, 5.41) is 18.6. The number of aromatic hydroxyl groups is 1. The van der Waals surface area contributed by atoms with E-state index in [4.69, 9.17) is 9.47 Å². The zero-order chi connectivity index (χ0) is 18.1. The second-order valence-corrected chi connectivity index (χ2v) is 5.76. The molecule has 0 spiro atoms. The molecule has 0 bridgehead atoms. The van der Waals surface area contributed by atoms with E-state index in [0.29, 0.717) is 11.6 Å². The number of fused-ring (bicyclic) bond motifs is 1. The lowest BCUT2D eigenvalue weighted by Crippen LogP contribution is -1.94. The van der Waals surface area contributed by atoms with Gasteiger partial charge in [-0.2, -0.15) is 0 Å². The van der Waals surface area contributed by atoms with E-state index in [0.717, 1.165) is 28.1 Å². The number of hydrogen-bond donors (Lipinski definition) is 1. The fraction of sp³-hybridized carbons (Fsp3) is 0.100. The molecule has 0 atom stereocenters. The molecular formula is C20H17N3O3. The van der Waals surface area contributed by atoms with Crippen molar-refractivity contribution in [3.05, 3.63) is 60.8 Å². The zero-order valence-electron chi connectivity index (χ0n) is 14.4. The summed E-state index contributed by atoms with van der Waals surface area (Å²) in [7, 11) is 3.16. The zero-order valence-corrected chi connectivity index (χ0v) is 14.4. The van der Waals surface area contributed by atoms with Crippen LogP contribution in [0.2, 0.25) is 0 Å². The van der Waals surface area contributed by atoms with E-state index in [1.165, 1.54) is 7.11 Å². The van der Waals surface area contributed by atoms with Crippen molar-refractivity contribution in [2.75, 3.05) is 14.2 Å². The number of phenols is 1. The highest BCUT2D eigenvalue weighted by Crippen LogP contribution is 2.33. The van der Waals surface area contributed by atoms with Crippen molar-refractivity contribution in [2.45, 2.75) is 0 Å². The fourth-order valence-corrected chi connectivity index (χ4v) is 2.94. The third-order valence-corrected chi connectivity index (χ3v) is 4.26. The molecule has 130 valence electrons. The van der Waals surface area contributed by atoms with E-state index in [1.54, 1.807) is 19.2 Å². The van der Waals surface area contributed by atoms with Gasteiger partial charge in [-0.05, 0) is 47.5 Å². The molecule has 6 heteroatoms. The summed E-state index contributed by atoms with van der Waals surface area (Å²) in [5.74, 6) is 1.96. The third kappa shape index (κ3) is 2.61. The van der Waals surface area contributed by atoms with Gasteiger partial charge in [0.15, 0.2) is 23.0 Å². The second-order valence-electron chi connectivity index (χ2n) is 5.76. The number of phenolic OH excluding ortho intramolecular Hbond substituents is 1. The van der Waals surface area contributed by atoms with Crippen molar-refractivity contribution in [2.24, 2.45) is 0 Å². The molecule has 2 aromatic carbocycles. The van der Waals surface area contributed by atoms with Crippen LogP contribution in [0.4, 0.5) is 0 Å². The summed E-state index contributed by atoms with van der Waals surface area (Å²) in [4.78, 5) is 0. The predicted molar refractivity (Wildman–Crippen MR) is 98.6 cm³/mol. The number of nitrogens with zero attached hydrogens (tertiary/aromatic N) is 3. The lowest BCUT2D eigenvalue weighted by molar-refractivity contribution is 0.373. The molecule has 0 aliphatic heterocycles. The first-order valence-electron chi connectivity index (χ1n) is 8.07. The van der Waals surface area contributed by atoms with Gasteiger partial charge in [0.25, 0.3) is 0 Å². The third-order valence-electron chi connectivity index (χ3n) is 4.26. The number of methoxy groups -OCH3 is 2. The van der Waals surface area contributed by atoms with E-state index in [2.05, 4.69) is 10.2 Å². The Bertz CT molecular complexity index is 1090. The molecule has 0 unspecified atom stereocenters. The van der Waals surface area contributed by atoms with Crippen molar-refractivity contribution in [1.29, 1.82) is 0 Å². The average molecular weight is 347 g/mol. The van der Waals surface area contributed by atoms with Crippen LogP contribution in [-0.2, 0) is 0 Å². The Morgan fingerprint density at radius 1 is 0.846 bits per heavy atom. The monoisotopic (exact) mass is 347 g/mol. The Labute approximate surface area is 150 Å². The van der Waals surface area contributed by atoms with Crippen LogP contribution in [-0.4, -0.2) is 33.9 Å². The Morgan fingerprint density at radius 3 is 2.38 bits per heavy atom. The van der Waals surface area contributed by atoms with Crippen LogP contribution in [0.15, 0.2) is 60.8 Å². The van der Waals surface area contributed by atoms with Gasteiger partial charge in [-0.3, -0.25) is 4.40 Å². The molecule has 0 saturated carbocycles. The molecule has 0 aliphatic carbocycles. The van der Waals surface area contributed by atoms with Crippen LogP contribution in [0.3, 0.4) is 0 Å². The molecule has 2 heterocycles. The molecule has 0 amide bonds. The van der Waals surface area contributed by atoms with Crippen LogP contribution in [0.1, 0.15) is 0 Å². The topological polar surface area (TPSA) is 68.9 Å². The van der Waals surface area contributed by atoms with Gasteiger partial charge in [0.05, 0.1) is 19.8 Å². The standard InChI is InChI=1S/C20H17N3O3/c1-25-17-6-4-3-5-15(17)20-22-21-19-10-8-14(12-23(19)20)13-7-9-18(26-2)16(24)11-13/h3-12,24H,1-2H3. The maximum Gasteiger partial charge on any atom is 0.172 e. The van der Waals surface area contributed by atoms with Gasteiger partial charge in [-0.1, -0.05) is 18.2 Å². The SMILES string of the molecule is COc1ccc(-c2ccc3nnc(-c4ccccc4OC)n3c2)cc1O. The van der Waals surface area contributed by atoms with E-state index in [9.17, 15) is 5.11 Å². The van der Waals surface area contributed by atoms with Gasteiger partial charge in [0.1, 0.15) is 5.75 Å². The van der Waals surface area contributed by atoms with Crippen LogP contribution in [0, 0.1) is 0 Å². The number of benzene rings is 2. The second kappa shape index (κ2) is 6.40. The van der Waals surface area contributed by atoms with E-state index < -0.39 is 0 Å². The minimum absolute atomic E-state index is 0.0961. The lowest BCUT2D eigenvalue weighted by Gasteiger charge is -2.09. The summed E-state index contributed by atoms with van der Waals surface area (Å²) >= 11 is 0. The average Bonchev–Trinajstić information content (AvgIpc) is 3.10. The van der Waals surface area contributed by atoms with Gasteiger partial charge in [-0.25, -0.2) is 0 Å². The van der Waals surface area contributed by atoms with Crippen LogP contribution in [0.5, 0.6) is 17.2 Å². The number of ether oxygens (including phenoxy) is 2. The normalized spacial score (nSPS) is 10.8. The maximum absolute atomic E-state index is 10.1. The van der Waals surface area contributed by atoms with Crippen molar-refractivity contribution in [3.63, 3.8) is 0 Å². The van der Waals surface area contributed by atoms with E-state index >= 15 is 0 Å². The number of pyridine rings is 1. The van der Waals surface area contributed by atoms with E-state index in [1.807, 2.05) is 53.1 Å². The van der Waals surface area contributed by atoms with Crippen molar-refractivity contribution in [1.82, 2.24) is 14.6 Å². The first-order chi connectivity index (χ1) is 12.7. The maximum atomic E-state index is 10.1. The smallest absolute Gasteiger partial charge is 0.172 e. The molecule has 4 aromatic rings. The fourth-order valence-electron chi connectivity index (χ4n) is 2.94. The quantitative estimate of drug-likeness (QED) is 0.608. The highest BCUT2D eigenvalue weighted by atomic mass is 16.5. The highest BCUT2D eigenvalue weighted by Gasteiger charge is 2.13. The largest absolute Gasteiger partial charge is 0.504 e. The summed E-state index contributed by atoms with van der Waals surface area (Å²) in [6.45, 7) is 0.